The number of halogens is 1. The number of amidine groups is 1. The Morgan fingerprint density at radius 1 is 0.972 bits per heavy atom. The molecule has 0 saturated carbocycles. The summed E-state index contributed by atoms with van der Waals surface area (Å²) in [6.07, 6.45) is 6.30. The molecule has 0 spiro atoms. The lowest BCUT2D eigenvalue weighted by molar-refractivity contribution is 0.324. The summed E-state index contributed by atoms with van der Waals surface area (Å²) in [5.74, 6) is 6.84. The van der Waals surface area contributed by atoms with Gasteiger partial charge in [-0.25, -0.2) is 4.99 Å². The van der Waals surface area contributed by atoms with Crippen molar-refractivity contribution in [2.24, 2.45) is 9.98 Å². The second-order valence-corrected chi connectivity index (χ2v) is 8.06. The number of aliphatic hydroxyl groups excluding tert-OH is 1. The summed E-state index contributed by atoms with van der Waals surface area (Å²) in [5, 5.41) is 10.3. The SMILES string of the molecule is C=C/C=C\CCOc1cccc(Cl)c1/C(C)=N/C(=N\C(=C)O)c1ccc(C#Cc2ccccc2)cc1. The molecule has 0 fully saturated rings. The summed E-state index contributed by atoms with van der Waals surface area (Å²) >= 11 is 6.52. The second kappa shape index (κ2) is 13.5. The van der Waals surface area contributed by atoms with E-state index in [4.69, 9.17) is 16.3 Å². The van der Waals surface area contributed by atoms with Crippen LogP contribution in [0, 0.1) is 11.8 Å². The van der Waals surface area contributed by atoms with Crippen molar-refractivity contribution in [3.8, 4) is 17.6 Å². The van der Waals surface area contributed by atoms with Crippen LogP contribution in [0.25, 0.3) is 0 Å². The van der Waals surface area contributed by atoms with Gasteiger partial charge in [0.15, 0.2) is 5.84 Å². The summed E-state index contributed by atoms with van der Waals surface area (Å²) in [5.41, 5.74) is 3.73. The van der Waals surface area contributed by atoms with Crippen molar-refractivity contribution < 1.29 is 9.84 Å². The number of aliphatic hydroxyl groups is 1. The van der Waals surface area contributed by atoms with Crippen molar-refractivity contribution >= 4 is 23.1 Å². The first-order chi connectivity index (χ1) is 17.5. The van der Waals surface area contributed by atoms with E-state index < -0.39 is 0 Å². The van der Waals surface area contributed by atoms with Gasteiger partial charge in [-0.1, -0.05) is 72.5 Å². The smallest absolute Gasteiger partial charge is 0.205 e. The molecule has 1 N–H and O–H groups in total. The zero-order valence-corrected chi connectivity index (χ0v) is 20.9. The lowest BCUT2D eigenvalue weighted by atomic mass is 10.1. The van der Waals surface area contributed by atoms with Gasteiger partial charge in [-0.05, 0) is 68.5 Å². The van der Waals surface area contributed by atoms with E-state index in [1.807, 2.05) is 85.8 Å². The molecular weight excluding hydrogens is 468 g/mol. The largest absolute Gasteiger partial charge is 0.494 e. The number of ether oxygens (including phenoxy) is 1. The summed E-state index contributed by atoms with van der Waals surface area (Å²) in [6.45, 7) is 9.45. The molecule has 0 aliphatic rings. The van der Waals surface area contributed by atoms with E-state index in [2.05, 4.69) is 35.0 Å². The number of allylic oxidation sites excluding steroid dienone is 2. The number of nitrogens with zero attached hydrogens (tertiary/aromatic N) is 2. The number of hydrogen-bond acceptors (Lipinski definition) is 3. The minimum atomic E-state index is -0.348. The van der Waals surface area contributed by atoms with Crippen molar-refractivity contribution in [3.05, 3.63) is 137 Å². The standard InChI is InChI=1S/C31H27ClN2O2/c1-4-5-6-10-22-36-29-15-11-14-28(32)30(29)23(2)33-31(34-24(3)35)27-20-18-26(19-21-27)17-16-25-12-8-7-9-13-25/h4-9,11-15,18-21,35H,1,3,10,22H2,2H3/b6-5-,33-23+,34-31-. The van der Waals surface area contributed by atoms with Gasteiger partial charge in [0.25, 0.3) is 0 Å². The topological polar surface area (TPSA) is 54.2 Å². The molecule has 0 aliphatic carbocycles. The van der Waals surface area contributed by atoms with Crippen molar-refractivity contribution in [3.63, 3.8) is 0 Å². The fourth-order valence-electron chi connectivity index (χ4n) is 3.26. The molecule has 0 radical (unpaired) electrons. The Morgan fingerprint density at radius 2 is 1.67 bits per heavy atom. The third-order valence-corrected chi connectivity index (χ3v) is 5.24. The first-order valence-corrected chi connectivity index (χ1v) is 11.7. The van der Waals surface area contributed by atoms with Crippen LogP contribution in [0.5, 0.6) is 5.75 Å². The Labute approximate surface area is 217 Å². The third-order valence-electron chi connectivity index (χ3n) is 4.93. The van der Waals surface area contributed by atoms with Gasteiger partial charge in [0.1, 0.15) is 5.75 Å². The van der Waals surface area contributed by atoms with Crippen LogP contribution in [0.4, 0.5) is 0 Å². The van der Waals surface area contributed by atoms with E-state index in [9.17, 15) is 5.11 Å². The predicted octanol–water partition coefficient (Wildman–Crippen LogP) is 7.54. The molecule has 0 aromatic heterocycles. The third kappa shape index (κ3) is 7.87. The van der Waals surface area contributed by atoms with Crippen molar-refractivity contribution in [2.75, 3.05) is 6.61 Å². The van der Waals surface area contributed by atoms with Crippen LogP contribution in [-0.4, -0.2) is 23.3 Å². The van der Waals surface area contributed by atoms with E-state index in [-0.39, 0.29) is 5.88 Å². The number of aliphatic imine (C=N–C) groups is 2. The van der Waals surface area contributed by atoms with Gasteiger partial charge in [-0.15, -0.1) is 0 Å². The fraction of sp³-hybridized carbons (Fsp3) is 0.0968. The summed E-state index contributed by atoms with van der Waals surface area (Å²) in [4.78, 5) is 8.82. The van der Waals surface area contributed by atoms with Crippen LogP contribution in [0.15, 0.2) is 120 Å². The predicted molar refractivity (Wildman–Crippen MR) is 150 cm³/mol. The van der Waals surface area contributed by atoms with Crippen LogP contribution in [-0.2, 0) is 0 Å². The molecule has 3 aromatic rings. The quantitative estimate of drug-likeness (QED) is 0.0878. The first-order valence-electron chi connectivity index (χ1n) is 11.4. The van der Waals surface area contributed by atoms with E-state index in [0.29, 0.717) is 40.1 Å². The average molecular weight is 495 g/mol. The molecule has 0 aliphatic heterocycles. The molecule has 5 heteroatoms. The Hall–Kier alpha value is -4.33. The molecule has 3 aromatic carbocycles. The minimum Gasteiger partial charge on any atom is -0.494 e. The molecule has 0 saturated heterocycles. The van der Waals surface area contributed by atoms with Crippen molar-refractivity contribution in [1.82, 2.24) is 0 Å². The van der Waals surface area contributed by atoms with Crippen LogP contribution in [0.2, 0.25) is 5.02 Å². The Bertz CT molecular complexity index is 1360. The zero-order chi connectivity index (χ0) is 25.8. The van der Waals surface area contributed by atoms with Gasteiger partial charge >= 0.3 is 0 Å². The van der Waals surface area contributed by atoms with Gasteiger partial charge in [0, 0.05) is 16.7 Å². The van der Waals surface area contributed by atoms with Gasteiger partial charge in [-0.2, -0.15) is 4.99 Å². The Kier molecular flexibility index (Phi) is 9.88. The number of rotatable bonds is 8. The van der Waals surface area contributed by atoms with Crippen LogP contribution >= 0.6 is 11.6 Å². The first kappa shape index (κ1) is 26.3. The molecule has 0 atom stereocenters. The van der Waals surface area contributed by atoms with Crippen LogP contribution in [0.1, 0.15) is 35.6 Å². The molecular formula is C31H27ClN2O2. The van der Waals surface area contributed by atoms with Crippen LogP contribution in [0.3, 0.4) is 0 Å². The highest BCUT2D eigenvalue weighted by Gasteiger charge is 2.13. The monoisotopic (exact) mass is 494 g/mol. The molecule has 0 unspecified atom stereocenters. The van der Waals surface area contributed by atoms with E-state index in [1.165, 1.54) is 0 Å². The summed E-state index contributed by atoms with van der Waals surface area (Å²) in [6, 6.07) is 22.7. The molecule has 3 rings (SSSR count). The Morgan fingerprint density at radius 3 is 2.33 bits per heavy atom. The number of benzene rings is 3. The van der Waals surface area contributed by atoms with Gasteiger partial charge in [0.05, 0.1) is 22.9 Å². The average Bonchev–Trinajstić information content (AvgIpc) is 2.87. The molecule has 0 bridgehead atoms. The van der Waals surface area contributed by atoms with E-state index in [1.54, 1.807) is 12.1 Å². The fourth-order valence-corrected chi connectivity index (χ4v) is 3.57. The maximum absolute atomic E-state index is 9.79. The lowest BCUT2D eigenvalue weighted by Gasteiger charge is -2.13. The van der Waals surface area contributed by atoms with Gasteiger partial charge in [-0.3, -0.25) is 0 Å². The van der Waals surface area contributed by atoms with Crippen molar-refractivity contribution in [1.29, 1.82) is 0 Å². The van der Waals surface area contributed by atoms with E-state index >= 15 is 0 Å². The highest BCUT2D eigenvalue weighted by Crippen LogP contribution is 2.28. The summed E-state index contributed by atoms with van der Waals surface area (Å²) in [7, 11) is 0. The molecule has 180 valence electrons. The minimum absolute atomic E-state index is 0.294. The normalized spacial score (nSPS) is 11.6. The molecule has 4 nitrogen and oxygen atoms in total. The van der Waals surface area contributed by atoms with Crippen LogP contribution < -0.4 is 4.74 Å². The van der Waals surface area contributed by atoms with E-state index in [0.717, 1.165) is 17.5 Å². The zero-order valence-electron chi connectivity index (χ0n) is 20.1. The van der Waals surface area contributed by atoms with Crippen molar-refractivity contribution in [2.45, 2.75) is 13.3 Å². The highest BCUT2D eigenvalue weighted by molar-refractivity contribution is 6.35. The molecule has 0 amide bonds. The second-order valence-electron chi connectivity index (χ2n) is 7.66. The highest BCUT2D eigenvalue weighted by atomic mass is 35.5. The molecule has 36 heavy (non-hydrogen) atoms. The van der Waals surface area contributed by atoms with Gasteiger partial charge in [0.2, 0.25) is 5.88 Å². The summed E-state index contributed by atoms with van der Waals surface area (Å²) < 4.78 is 5.96. The maximum Gasteiger partial charge on any atom is 0.205 e. The van der Waals surface area contributed by atoms with Gasteiger partial charge < -0.3 is 9.84 Å². The maximum atomic E-state index is 9.79. The number of hydrogen-bond donors (Lipinski definition) is 1. The Balaban J connectivity index is 1.88. The lowest BCUT2D eigenvalue weighted by Crippen LogP contribution is -2.08. The molecule has 0 heterocycles.